The van der Waals surface area contributed by atoms with Gasteiger partial charge in [-0.2, -0.15) is 17.0 Å². The van der Waals surface area contributed by atoms with Crippen molar-refractivity contribution in [2.24, 2.45) is 0 Å². The number of aryl methyl sites for hydroxylation is 1. The number of hydrogen-bond donors (Lipinski definition) is 0. The van der Waals surface area contributed by atoms with Crippen LogP contribution in [0.1, 0.15) is 30.0 Å². The van der Waals surface area contributed by atoms with Crippen molar-refractivity contribution < 1.29 is 13.2 Å². The van der Waals surface area contributed by atoms with Gasteiger partial charge in [-0.1, -0.05) is 6.07 Å². The Morgan fingerprint density at radius 2 is 1.95 bits per heavy atom. The van der Waals surface area contributed by atoms with Crippen molar-refractivity contribution in [3.8, 4) is 0 Å². The summed E-state index contributed by atoms with van der Waals surface area (Å²) in [7, 11) is -3.38. The molecule has 122 valence electrons. The molecule has 3 heterocycles. The Bertz CT molecular complexity index is 597. The monoisotopic (exact) mass is 325 g/mol. The van der Waals surface area contributed by atoms with Gasteiger partial charge in [-0.3, -0.25) is 4.98 Å². The van der Waals surface area contributed by atoms with Gasteiger partial charge in [0.1, 0.15) is 0 Å². The number of morpholine rings is 1. The summed E-state index contributed by atoms with van der Waals surface area (Å²) in [6.45, 7) is 5.00. The van der Waals surface area contributed by atoms with Gasteiger partial charge in [0.05, 0.1) is 13.2 Å². The molecule has 2 saturated heterocycles. The molecule has 2 aliphatic heterocycles. The topological polar surface area (TPSA) is 62.7 Å². The lowest BCUT2D eigenvalue weighted by Crippen LogP contribution is -2.51. The molecule has 6 nitrogen and oxygen atoms in total. The van der Waals surface area contributed by atoms with E-state index in [4.69, 9.17) is 4.74 Å². The normalized spacial score (nSPS) is 25.2. The molecule has 0 N–H and O–H groups in total. The van der Waals surface area contributed by atoms with E-state index in [-0.39, 0.29) is 5.92 Å². The maximum absolute atomic E-state index is 12.7. The third kappa shape index (κ3) is 3.32. The molecule has 1 aromatic rings. The van der Waals surface area contributed by atoms with Gasteiger partial charge in [-0.05, 0) is 31.4 Å². The van der Waals surface area contributed by atoms with Crippen LogP contribution in [-0.2, 0) is 14.9 Å². The first-order valence-electron chi connectivity index (χ1n) is 7.83. The minimum absolute atomic E-state index is 0.185. The molecule has 1 atom stereocenters. The Labute approximate surface area is 132 Å². The van der Waals surface area contributed by atoms with Crippen molar-refractivity contribution in [3.05, 3.63) is 29.6 Å². The van der Waals surface area contributed by atoms with Crippen molar-refractivity contribution in [1.29, 1.82) is 0 Å². The Morgan fingerprint density at radius 1 is 1.18 bits per heavy atom. The molecule has 0 radical (unpaired) electrons. The van der Waals surface area contributed by atoms with Gasteiger partial charge >= 0.3 is 0 Å². The average Bonchev–Trinajstić information content (AvgIpc) is 2.56. The van der Waals surface area contributed by atoms with Crippen LogP contribution in [0.25, 0.3) is 0 Å². The van der Waals surface area contributed by atoms with Crippen molar-refractivity contribution in [1.82, 2.24) is 13.6 Å². The molecule has 22 heavy (non-hydrogen) atoms. The maximum Gasteiger partial charge on any atom is 0.282 e. The first-order chi connectivity index (χ1) is 10.6. The summed E-state index contributed by atoms with van der Waals surface area (Å²) < 4.78 is 33.9. The number of piperidine rings is 1. The molecule has 7 heteroatoms. The van der Waals surface area contributed by atoms with Crippen LogP contribution in [0, 0.1) is 6.92 Å². The number of pyridine rings is 1. The van der Waals surface area contributed by atoms with E-state index in [2.05, 4.69) is 4.98 Å². The van der Waals surface area contributed by atoms with Gasteiger partial charge in [-0.25, -0.2) is 0 Å². The fourth-order valence-electron chi connectivity index (χ4n) is 3.05. The average molecular weight is 325 g/mol. The largest absolute Gasteiger partial charge is 0.379 e. The van der Waals surface area contributed by atoms with E-state index in [1.807, 2.05) is 25.3 Å². The maximum atomic E-state index is 12.7. The Kier molecular flexibility index (Phi) is 4.77. The molecule has 0 bridgehead atoms. The molecule has 0 unspecified atom stereocenters. The van der Waals surface area contributed by atoms with Gasteiger partial charge in [0.25, 0.3) is 10.2 Å². The van der Waals surface area contributed by atoms with Crippen molar-refractivity contribution in [3.63, 3.8) is 0 Å². The van der Waals surface area contributed by atoms with Crippen molar-refractivity contribution in [2.75, 3.05) is 39.4 Å². The number of ether oxygens (including phenoxy) is 1. The zero-order chi connectivity index (χ0) is 15.6. The smallest absolute Gasteiger partial charge is 0.282 e. The lowest BCUT2D eigenvalue weighted by Gasteiger charge is -2.36. The van der Waals surface area contributed by atoms with Gasteiger partial charge in [0, 0.05) is 44.0 Å². The highest BCUT2D eigenvalue weighted by molar-refractivity contribution is 7.86. The highest BCUT2D eigenvalue weighted by atomic mass is 32.2. The predicted octanol–water partition coefficient (Wildman–Crippen LogP) is 1.15. The zero-order valence-electron chi connectivity index (χ0n) is 12.9. The second-order valence-electron chi connectivity index (χ2n) is 5.98. The van der Waals surface area contributed by atoms with E-state index < -0.39 is 10.2 Å². The van der Waals surface area contributed by atoms with E-state index in [1.54, 1.807) is 8.61 Å². The molecule has 0 aliphatic carbocycles. The Hall–Kier alpha value is -1.02. The molecule has 2 fully saturated rings. The highest BCUT2D eigenvalue weighted by Gasteiger charge is 2.35. The summed E-state index contributed by atoms with van der Waals surface area (Å²) in [4.78, 5) is 4.48. The second-order valence-corrected chi connectivity index (χ2v) is 7.91. The SMILES string of the molecule is Cc1ccc([C@@H]2CCCN(S(=O)(=O)N3CCOCC3)C2)nc1. The highest BCUT2D eigenvalue weighted by Crippen LogP contribution is 2.28. The zero-order valence-corrected chi connectivity index (χ0v) is 13.8. The Morgan fingerprint density at radius 3 is 2.64 bits per heavy atom. The van der Waals surface area contributed by atoms with Crippen LogP contribution in [0.2, 0.25) is 0 Å². The number of rotatable bonds is 3. The van der Waals surface area contributed by atoms with Crippen LogP contribution in [0.4, 0.5) is 0 Å². The van der Waals surface area contributed by atoms with Crippen LogP contribution >= 0.6 is 0 Å². The molecule has 0 aromatic carbocycles. The summed E-state index contributed by atoms with van der Waals surface area (Å²) in [6, 6.07) is 4.06. The molecule has 0 amide bonds. The summed E-state index contributed by atoms with van der Waals surface area (Å²) in [5.41, 5.74) is 2.12. The molecular weight excluding hydrogens is 302 g/mol. The van der Waals surface area contributed by atoms with Crippen molar-refractivity contribution in [2.45, 2.75) is 25.7 Å². The molecule has 0 spiro atoms. The van der Waals surface area contributed by atoms with Crippen LogP contribution < -0.4 is 0 Å². The van der Waals surface area contributed by atoms with Gasteiger partial charge in [-0.15, -0.1) is 0 Å². The minimum atomic E-state index is -3.38. The fourth-order valence-corrected chi connectivity index (χ4v) is 4.72. The van der Waals surface area contributed by atoms with E-state index in [0.717, 1.165) is 24.1 Å². The lowest BCUT2D eigenvalue weighted by atomic mass is 9.95. The first kappa shape index (κ1) is 15.9. The van der Waals surface area contributed by atoms with Gasteiger partial charge in [0.15, 0.2) is 0 Å². The van der Waals surface area contributed by atoms with Crippen LogP contribution in [0.5, 0.6) is 0 Å². The van der Waals surface area contributed by atoms with Gasteiger partial charge < -0.3 is 4.74 Å². The van der Waals surface area contributed by atoms with Crippen LogP contribution in [-0.4, -0.2) is 61.4 Å². The summed E-state index contributed by atoms with van der Waals surface area (Å²) >= 11 is 0. The van der Waals surface area contributed by atoms with Gasteiger partial charge in [0.2, 0.25) is 0 Å². The van der Waals surface area contributed by atoms with E-state index in [1.165, 1.54) is 0 Å². The second kappa shape index (κ2) is 6.62. The number of hydrogen-bond acceptors (Lipinski definition) is 4. The molecule has 1 aromatic heterocycles. The predicted molar refractivity (Wildman–Crippen MR) is 83.8 cm³/mol. The van der Waals surface area contributed by atoms with E-state index in [0.29, 0.717) is 39.4 Å². The fraction of sp³-hybridized carbons (Fsp3) is 0.667. The quantitative estimate of drug-likeness (QED) is 0.836. The standard InChI is InChI=1S/C15H23N3O3S/c1-13-4-5-15(16-11-13)14-3-2-6-18(12-14)22(19,20)17-7-9-21-10-8-17/h4-5,11,14H,2-3,6-10,12H2,1H3/t14-/m1/s1. The summed E-state index contributed by atoms with van der Waals surface area (Å²) in [5.74, 6) is 0.185. The van der Waals surface area contributed by atoms with E-state index >= 15 is 0 Å². The molecule has 3 rings (SSSR count). The molecule has 2 aliphatic rings. The van der Waals surface area contributed by atoms with Crippen LogP contribution in [0.15, 0.2) is 18.3 Å². The van der Waals surface area contributed by atoms with E-state index in [9.17, 15) is 8.42 Å². The molecule has 0 saturated carbocycles. The third-order valence-electron chi connectivity index (χ3n) is 4.36. The molecular formula is C15H23N3O3S. The van der Waals surface area contributed by atoms with Crippen LogP contribution in [0.3, 0.4) is 0 Å². The summed E-state index contributed by atoms with van der Waals surface area (Å²) in [6.07, 6.45) is 3.72. The first-order valence-corrected chi connectivity index (χ1v) is 9.22. The third-order valence-corrected chi connectivity index (χ3v) is 6.36. The van der Waals surface area contributed by atoms with Crippen molar-refractivity contribution >= 4 is 10.2 Å². The number of nitrogens with zero attached hydrogens (tertiary/aromatic N) is 3. The number of aromatic nitrogens is 1. The summed E-state index contributed by atoms with van der Waals surface area (Å²) in [5, 5.41) is 0. The Balaban J connectivity index is 1.73. The minimum Gasteiger partial charge on any atom is -0.379 e. The lowest BCUT2D eigenvalue weighted by molar-refractivity contribution is 0.0695.